The Hall–Kier alpha value is -1.31. The second kappa shape index (κ2) is 7.10. The highest BCUT2D eigenvalue weighted by Crippen LogP contribution is 2.18. The van der Waals surface area contributed by atoms with Crippen LogP contribution in [0.4, 0.5) is 0 Å². The Bertz CT molecular complexity index is 354. The summed E-state index contributed by atoms with van der Waals surface area (Å²) >= 11 is 0. The molecule has 0 aliphatic heterocycles. The Labute approximate surface area is 105 Å². The first-order valence-corrected chi connectivity index (χ1v) is 6.41. The fourth-order valence-corrected chi connectivity index (χ4v) is 1.46. The average Bonchev–Trinajstić information content (AvgIpc) is 2.38. The summed E-state index contributed by atoms with van der Waals surface area (Å²) in [6.45, 7) is 9.07. The fourth-order valence-electron chi connectivity index (χ4n) is 1.46. The predicted octanol–water partition coefficient (Wildman–Crippen LogP) is 4.50. The average molecular weight is 233 g/mol. The van der Waals surface area contributed by atoms with Crippen molar-refractivity contribution in [2.75, 3.05) is 0 Å². The molecule has 0 heterocycles. The van der Waals surface area contributed by atoms with E-state index in [1.165, 1.54) is 17.5 Å². The number of hydrogen-bond acceptors (Lipinski definition) is 2. The maximum absolute atomic E-state index is 5.29. The molecule has 17 heavy (non-hydrogen) atoms. The lowest BCUT2D eigenvalue weighted by Crippen LogP contribution is -1.94. The van der Waals surface area contributed by atoms with Gasteiger partial charge in [0.1, 0.15) is 6.61 Å². The van der Waals surface area contributed by atoms with Crippen LogP contribution in [0, 0.1) is 0 Å². The summed E-state index contributed by atoms with van der Waals surface area (Å²) in [6.07, 6.45) is 2.11. The molecule has 0 N–H and O–H groups in total. The summed E-state index contributed by atoms with van der Waals surface area (Å²) in [5.41, 5.74) is 3.59. The summed E-state index contributed by atoms with van der Waals surface area (Å²) < 4.78 is 0. The standard InChI is InChI=1S/C15H23NO/c1-5-12(3)15-9-7-14(8-10-15)11-17-16-13(4)6-2/h7-10,12H,5-6,11H2,1-4H3/b16-13+. The van der Waals surface area contributed by atoms with Gasteiger partial charge in [-0.25, -0.2) is 0 Å². The lowest BCUT2D eigenvalue weighted by molar-refractivity contribution is 0.130. The number of oxime groups is 1. The van der Waals surface area contributed by atoms with Crippen molar-refractivity contribution in [2.24, 2.45) is 5.16 Å². The van der Waals surface area contributed by atoms with E-state index in [4.69, 9.17) is 4.84 Å². The molecule has 0 aromatic heterocycles. The van der Waals surface area contributed by atoms with Crippen molar-refractivity contribution in [1.82, 2.24) is 0 Å². The summed E-state index contributed by atoms with van der Waals surface area (Å²) in [5.74, 6) is 0.630. The van der Waals surface area contributed by atoms with E-state index in [1.807, 2.05) is 6.92 Å². The molecule has 0 bridgehead atoms. The Morgan fingerprint density at radius 3 is 2.41 bits per heavy atom. The SMILES string of the molecule is CC/C(C)=N/OCc1ccc(C(C)CC)cc1. The number of nitrogens with zero attached hydrogens (tertiary/aromatic N) is 1. The third kappa shape index (κ3) is 4.59. The van der Waals surface area contributed by atoms with Gasteiger partial charge >= 0.3 is 0 Å². The Balaban J connectivity index is 2.51. The summed E-state index contributed by atoms with van der Waals surface area (Å²) in [5, 5.41) is 4.03. The van der Waals surface area contributed by atoms with Crippen molar-refractivity contribution in [3.05, 3.63) is 35.4 Å². The molecule has 1 rings (SSSR count). The minimum absolute atomic E-state index is 0.554. The molecule has 1 aromatic rings. The molecule has 2 heteroatoms. The van der Waals surface area contributed by atoms with Crippen LogP contribution in [0.25, 0.3) is 0 Å². The smallest absolute Gasteiger partial charge is 0.142 e. The molecule has 0 amide bonds. The van der Waals surface area contributed by atoms with E-state index in [0.29, 0.717) is 12.5 Å². The van der Waals surface area contributed by atoms with E-state index < -0.39 is 0 Å². The zero-order chi connectivity index (χ0) is 12.7. The molecule has 94 valence electrons. The fraction of sp³-hybridized carbons (Fsp3) is 0.533. The highest BCUT2D eigenvalue weighted by molar-refractivity contribution is 5.80. The molecule has 1 unspecified atom stereocenters. The van der Waals surface area contributed by atoms with Crippen molar-refractivity contribution in [2.45, 2.75) is 53.1 Å². The van der Waals surface area contributed by atoms with Gasteiger partial charge < -0.3 is 4.84 Å². The highest BCUT2D eigenvalue weighted by atomic mass is 16.6. The van der Waals surface area contributed by atoms with Gasteiger partial charge in [0, 0.05) is 0 Å². The maximum Gasteiger partial charge on any atom is 0.142 e. The highest BCUT2D eigenvalue weighted by Gasteiger charge is 2.02. The molecule has 0 aliphatic rings. The lowest BCUT2D eigenvalue weighted by atomic mass is 9.98. The molecule has 0 saturated carbocycles. The molecule has 0 aliphatic carbocycles. The molecule has 2 nitrogen and oxygen atoms in total. The van der Waals surface area contributed by atoms with Gasteiger partial charge in [0.2, 0.25) is 0 Å². The van der Waals surface area contributed by atoms with Gasteiger partial charge in [-0.1, -0.05) is 50.2 Å². The van der Waals surface area contributed by atoms with E-state index in [2.05, 4.69) is 50.2 Å². The Kier molecular flexibility index (Phi) is 5.75. The Morgan fingerprint density at radius 1 is 1.24 bits per heavy atom. The van der Waals surface area contributed by atoms with E-state index in [9.17, 15) is 0 Å². The molecular weight excluding hydrogens is 210 g/mol. The van der Waals surface area contributed by atoms with E-state index in [-0.39, 0.29) is 0 Å². The van der Waals surface area contributed by atoms with Gasteiger partial charge in [-0.15, -0.1) is 0 Å². The quantitative estimate of drug-likeness (QED) is 0.523. The van der Waals surface area contributed by atoms with Gasteiger partial charge in [-0.05, 0) is 36.8 Å². The molecule has 0 spiro atoms. The lowest BCUT2D eigenvalue weighted by Gasteiger charge is -2.09. The van der Waals surface area contributed by atoms with E-state index in [1.54, 1.807) is 0 Å². The third-order valence-corrected chi connectivity index (χ3v) is 3.12. The van der Waals surface area contributed by atoms with Crippen LogP contribution in [0.1, 0.15) is 57.6 Å². The van der Waals surface area contributed by atoms with Crippen molar-refractivity contribution in [1.29, 1.82) is 0 Å². The van der Waals surface area contributed by atoms with Crippen LogP contribution in [-0.2, 0) is 11.4 Å². The van der Waals surface area contributed by atoms with E-state index >= 15 is 0 Å². The molecule has 0 fully saturated rings. The second-order valence-corrected chi connectivity index (χ2v) is 4.50. The first-order valence-electron chi connectivity index (χ1n) is 6.41. The van der Waals surface area contributed by atoms with Gasteiger partial charge in [0.25, 0.3) is 0 Å². The van der Waals surface area contributed by atoms with Crippen LogP contribution in [0.15, 0.2) is 29.4 Å². The van der Waals surface area contributed by atoms with E-state index in [0.717, 1.165) is 12.1 Å². The van der Waals surface area contributed by atoms with Crippen LogP contribution < -0.4 is 0 Å². The predicted molar refractivity (Wildman–Crippen MR) is 73.3 cm³/mol. The van der Waals surface area contributed by atoms with Gasteiger partial charge in [-0.2, -0.15) is 0 Å². The number of rotatable bonds is 6. The second-order valence-electron chi connectivity index (χ2n) is 4.50. The summed E-state index contributed by atoms with van der Waals surface area (Å²) in [6, 6.07) is 8.61. The van der Waals surface area contributed by atoms with Crippen molar-refractivity contribution in [3.8, 4) is 0 Å². The number of benzene rings is 1. The van der Waals surface area contributed by atoms with Crippen LogP contribution >= 0.6 is 0 Å². The summed E-state index contributed by atoms with van der Waals surface area (Å²) in [4.78, 5) is 5.29. The maximum atomic E-state index is 5.29. The Morgan fingerprint density at radius 2 is 1.88 bits per heavy atom. The van der Waals surface area contributed by atoms with Crippen LogP contribution in [-0.4, -0.2) is 5.71 Å². The topological polar surface area (TPSA) is 21.6 Å². The summed E-state index contributed by atoms with van der Waals surface area (Å²) in [7, 11) is 0. The largest absolute Gasteiger partial charge is 0.391 e. The van der Waals surface area contributed by atoms with Gasteiger partial charge in [0.15, 0.2) is 0 Å². The zero-order valence-corrected chi connectivity index (χ0v) is 11.4. The van der Waals surface area contributed by atoms with Gasteiger partial charge in [0.05, 0.1) is 5.71 Å². The zero-order valence-electron chi connectivity index (χ0n) is 11.4. The third-order valence-electron chi connectivity index (χ3n) is 3.12. The van der Waals surface area contributed by atoms with Crippen molar-refractivity contribution >= 4 is 5.71 Å². The number of hydrogen-bond donors (Lipinski definition) is 0. The van der Waals surface area contributed by atoms with Crippen LogP contribution in [0.3, 0.4) is 0 Å². The molecular formula is C15H23NO. The van der Waals surface area contributed by atoms with Crippen LogP contribution in [0.2, 0.25) is 0 Å². The molecule has 0 radical (unpaired) electrons. The minimum atomic E-state index is 0.554. The van der Waals surface area contributed by atoms with Crippen molar-refractivity contribution < 1.29 is 4.84 Å². The minimum Gasteiger partial charge on any atom is -0.391 e. The van der Waals surface area contributed by atoms with Crippen LogP contribution in [0.5, 0.6) is 0 Å². The molecule has 1 aromatic carbocycles. The monoisotopic (exact) mass is 233 g/mol. The first kappa shape index (κ1) is 13.8. The normalized spacial score (nSPS) is 13.5. The van der Waals surface area contributed by atoms with Gasteiger partial charge in [-0.3, -0.25) is 0 Å². The first-order chi connectivity index (χ1) is 8.17. The molecule has 1 atom stereocenters. The van der Waals surface area contributed by atoms with Crippen molar-refractivity contribution in [3.63, 3.8) is 0 Å². The molecule has 0 saturated heterocycles.